The van der Waals surface area contributed by atoms with Crippen LogP contribution in [0.4, 0.5) is 0 Å². The maximum absolute atomic E-state index is 9.41. The predicted octanol–water partition coefficient (Wildman–Crippen LogP) is 2.76. The van der Waals surface area contributed by atoms with Gasteiger partial charge < -0.3 is 4.90 Å². The second kappa shape index (κ2) is 7.59. The topological polar surface area (TPSA) is 39.1 Å². The number of nitriles is 1. The molecular weight excluding hydrogens is 258 g/mol. The molecule has 0 bridgehead atoms. The monoisotopic (exact) mass is 285 g/mol. The Morgan fingerprint density at radius 3 is 2.38 bits per heavy atom. The van der Waals surface area contributed by atoms with Gasteiger partial charge >= 0.3 is 0 Å². The summed E-state index contributed by atoms with van der Waals surface area (Å²) in [6, 6.07) is 11.2. The van der Waals surface area contributed by atoms with Crippen LogP contribution in [0.15, 0.2) is 24.3 Å². The molecule has 0 aromatic heterocycles. The van der Waals surface area contributed by atoms with E-state index in [2.05, 4.69) is 47.5 Å². The first kappa shape index (κ1) is 16.0. The van der Waals surface area contributed by atoms with Crippen LogP contribution in [-0.4, -0.2) is 36.6 Å². The van der Waals surface area contributed by atoms with Crippen molar-refractivity contribution in [2.45, 2.75) is 45.1 Å². The third-order valence-corrected chi connectivity index (χ3v) is 4.45. The molecule has 1 aliphatic rings. The molecule has 1 atom stereocenters. The van der Waals surface area contributed by atoms with Crippen molar-refractivity contribution in [2.24, 2.45) is 0 Å². The molecule has 21 heavy (non-hydrogen) atoms. The Labute approximate surface area is 129 Å². The second-order valence-electron chi connectivity index (χ2n) is 6.23. The van der Waals surface area contributed by atoms with Gasteiger partial charge in [0.1, 0.15) is 5.54 Å². The Hall–Kier alpha value is -1.37. The van der Waals surface area contributed by atoms with Gasteiger partial charge in [0.25, 0.3) is 0 Å². The molecule has 0 fully saturated rings. The summed E-state index contributed by atoms with van der Waals surface area (Å²) in [5.74, 6) is 0. The standard InChI is InChI=1S/C18H27N3/c1-3-11-20-18(2,15-19)10-14-21-12-8-16-6-4-5-7-17(16)9-13-21/h4-7,20H,3,8-14H2,1-2H3. The molecule has 0 spiro atoms. The average molecular weight is 285 g/mol. The summed E-state index contributed by atoms with van der Waals surface area (Å²) < 4.78 is 0. The van der Waals surface area contributed by atoms with Crippen molar-refractivity contribution in [2.75, 3.05) is 26.2 Å². The quantitative estimate of drug-likeness (QED) is 0.873. The van der Waals surface area contributed by atoms with Crippen LogP contribution in [0.5, 0.6) is 0 Å². The second-order valence-corrected chi connectivity index (χ2v) is 6.23. The van der Waals surface area contributed by atoms with E-state index in [1.807, 2.05) is 6.92 Å². The number of hydrogen-bond donors (Lipinski definition) is 1. The highest BCUT2D eigenvalue weighted by atomic mass is 15.1. The molecule has 1 aromatic carbocycles. The van der Waals surface area contributed by atoms with Crippen LogP contribution in [0.3, 0.4) is 0 Å². The van der Waals surface area contributed by atoms with E-state index in [-0.39, 0.29) is 0 Å². The third-order valence-electron chi connectivity index (χ3n) is 4.45. The largest absolute Gasteiger partial charge is 0.303 e. The summed E-state index contributed by atoms with van der Waals surface area (Å²) in [7, 11) is 0. The Kier molecular flexibility index (Phi) is 5.78. The third kappa shape index (κ3) is 4.56. The van der Waals surface area contributed by atoms with Crippen molar-refractivity contribution in [3.8, 4) is 6.07 Å². The Morgan fingerprint density at radius 2 is 1.86 bits per heavy atom. The van der Waals surface area contributed by atoms with Crippen LogP contribution in [0.2, 0.25) is 0 Å². The smallest absolute Gasteiger partial charge is 0.105 e. The van der Waals surface area contributed by atoms with Crippen molar-refractivity contribution in [3.05, 3.63) is 35.4 Å². The molecule has 0 saturated carbocycles. The fraction of sp³-hybridized carbons (Fsp3) is 0.611. The lowest BCUT2D eigenvalue weighted by Gasteiger charge is -2.27. The van der Waals surface area contributed by atoms with Gasteiger partial charge in [-0.3, -0.25) is 5.32 Å². The fourth-order valence-electron chi connectivity index (χ4n) is 2.90. The summed E-state index contributed by atoms with van der Waals surface area (Å²) in [4.78, 5) is 2.50. The molecule has 3 heteroatoms. The van der Waals surface area contributed by atoms with Crippen molar-refractivity contribution >= 4 is 0 Å². The van der Waals surface area contributed by atoms with E-state index in [0.29, 0.717) is 0 Å². The zero-order valence-corrected chi connectivity index (χ0v) is 13.4. The minimum absolute atomic E-state index is 0.394. The molecule has 2 rings (SSSR count). The van der Waals surface area contributed by atoms with E-state index < -0.39 is 5.54 Å². The molecule has 0 amide bonds. The highest BCUT2D eigenvalue weighted by Gasteiger charge is 2.24. The lowest BCUT2D eigenvalue weighted by Crippen LogP contribution is -2.44. The predicted molar refractivity (Wildman–Crippen MR) is 87.2 cm³/mol. The zero-order chi connectivity index (χ0) is 15.1. The Morgan fingerprint density at radius 1 is 1.24 bits per heavy atom. The molecule has 1 aromatic rings. The van der Waals surface area contributed by atoms with E-state index in [9.17, 15) is 5.26 Å². The number of rotatable bonds is 6. The van der Waals surface area contributed by atoms with Gasteiger partial charge in [-0.05, 0) is 50.3 Å². The molecule has 1 aliphatic heterocycles. The summed E-state index contributed by atoms with van der Waals surface area (Å²) in [5, 5.41) is 12.8. The van der Waals surface area contributed by atoms with E-state index in [1.54, 1.807) is 0 Å². The van der Waals surface area contributed by atoms with Gasteiger partial charge in [-0.1, -0.05) is 31.2 Å². The van der Waals surface area contributed by atoms with Crippen LogP contribution in [0, 0.1) is 11.3 Å². The molecule has 1 N–H and O–H groups in total. The van der Waals surface area contributed by atoms with Gasteiger partial charge in [-0.2, -0.15) is 5.26 Å². The number of hydrogen-bond acceptors (Lipinski definition) is 3. The molecule has 3 nitrogen and oxygen atoms in total. The van der Waals surface area contributed by atoms with Crippen LogP contribution < -0.4 is 5.32 Å². The molecule has 1 unspecified atom stereocenters. The van der Waals surface area contributed by atoms with Gasteiger partial charge in [0, 0.05) is 19.6 Å². The van der Waals surface area contributed by atoms with Crippen LogP contribution >= 0.6 is 0 Å². The minimum atomic E-state index is -0.394. The first-order valence-corrected chi connectivity index (χ1v) is 8.12. The first-order valence-electron chi connectivity index (χ1n) is 8.12. The molecule has 114 valence electrons. The Bertz CT molecular complexity index is 464. The number of fused-ring (bicyclic) bond motifs is 1. The highest BCUT2D eigenvalue weighted by Crippen LogP contribution is 2.17. The minimum Gasteiger partial charge on any atom is -0.303 e. The van der Waals surface area contributed by atoms with E-state index in [1.165, 1.54) is 11.1 Å². The van der Waals surface area contributed by atoms with Crippen molar-refractivity contribution in [1.82, 2.24) is 10.2 Å². The molecule has 0 saturated heterocycles. The zero-order valence-electron chi connectivity index (χ0n) is 13.4. The van der Waals surface area contributed by atoms with Crippen LogP contribution in [0.1, 0.15) is 37.8 Å². The van der Waals surface area contributed by atoms with Crippen molar-refractivity contribution < 1.29 is 0 Å². The maximum Gasteiger partial charge on any atom is 0.105 e. The number of nitrogens with zero attached hydrogens (tertiary/aromatic N) is 2. The van der Waals surface area contributed by atoms with Crippen LogP contribution in [0.25, 0.3) is 0 Å². The summed E-state index contributed by atoms with van der Waals surface area (Å²) >= 11 is 0. The molecule has 0 radical (unpaired) electrons. The van der Waals surface area contributed by atoms with Gasteiger partial charge in [0.15, 0.2) is 0 Å². The average Bonchev–Trinajstić information content (AvgIpc) is 2.73. The van der Waals surface area contributed by atoms with Crippen LogP contribution in [-0.2, 0) is 12.8 Å². The fourth-order valence-corrected chi connectivity index (χ4v) is 2.90. The molecule has 0 aliphatic carbocycles. The van der Waals surface area contributed by atoms with Crippen molar-refractivity contribution in [3.63, 3.8) is 0 Å². The normalized spacial score (nSPS) is 18.3. The van der Waals surface area contributed by atoms with Gasteiger partial charge in [0.05, 0.1) is 6.07 Å². The summed E-state index contributed by atoms with van der Waals surface area (Å²) in [5.41, 5.74) is 2.59. The van der Waals surface area contributed by atoms with Gasteiger partial charge in [-0.25, -0.2) is 0 Å². The summed E-state index contributed by atoms with van der Waals surface area (Å²) in [6.45, 7) is 8.27. The van der Waals surface area contributed by atoms with Gasteiger partial charge in [-0.15, -0.1) is 0 Å². The van der Waals surface area contributed by atoms with Gasteiger partial charge in [0.2, 0.25) is 0 Å². The lowest BCUT2D eigenvalue weighted by molar-refractivity contribution is 0.254. The molecular formula is C18H27N3. The van der Waals surface area contributed by atoms with Crippen molar-refractivity contribution in [1.29, 1.82) is 5.26 Å². The molecule has 1 heterocycles. The summed E-state index contributed by atoms with van der Waals surface area (Å²) in [6.07, 6.45) is 4.21. The highest BCUT2D eigenvalue weighted by molar-refractivity contribution is 5.28. The SMILES string of the molecule is CCCNC(C)(C#N)CCN1CCc2ccccc2CC1. The Balaban J connectivity index is 1.86. The maximum atomic E-state index is 9.41. The number of benzene rings is 1. The van der Waals surface area contributed by atoms with E-state index >= 15 is 0 Å². The first-order chi connectivity index (χ1) is 10.2. The van der Waals surface area contributed by atoms with E-state index in [0.717, 1.165) is 51.9 Å². The number of nitrogens with one attached hydrogen (secondary N) is 1. The van der Waals surface area contributed by atoms with E-state index in [4.69, 9.17) is 0 Å². The lowest BCUT2D eigenvalue weighted by atomic mass is 9.99.